The van der Waals surface area contributed by atoms with Crippen LogP contribution in [0.15, 0.2) is 28.7 Å². The lowest BCUT2D eigenvalue weighted by atomic mass is 10.1. The van der Waals surface area contributed by atoms with E-state index >= 15 is 0 Å². The van der Waals surface area contributed by atoms with Gasteiger partial charge in [0.15, 0.2) is 0 Å². The molecule has 2 rings (SSSR count). The molecular formula is C9H6ClIN2O. The fourth-order valence-corrected chi connectivity index (χ4v) is 1.70. The second-order valence-corrected chi connectivity index (χ2v) is 4.11. The van der Waals surface area contributed by atoms with E-state index in [0.717, 1.165) is 10.6 Å². The first kappa shape index (κ1) is 9.92. The number of rotatable bonds is 2. The summed E-state index contributed by atoms with van der Waals surface area (Å²) in [6.07, 6.45) is 0.622. The molecule has 0 spiro atoms. The standard InChI is InChI=1S/C9H6ClIN2O/c10-7-3-1-2-6(4-7)5-8-12-13-9(11)14-8/h1-4H,5H2. The van der Waals surface area contributed by atoms with Crippen LogP contribution in [-0.2, 0) is 6.42 Å². The van der Waals surface area contributed by atoms with Crippen LogP contribution in [0.2, 0.25) is 5.02 Å². The molecule has 1 aromatic carbocycles. The van der Waals surface area contributed by atoms with Crippen LogP contribution in [0, 0.1) is 3.90 Å². The molecule has 0 atom stereocenters. The summed E-state index contributed by atoms with van der Waals surface area (Å²) in [7, 11) is 0. The molecule has 1 aromatic heterocycles. The molecule has 0 bridgehead atoms. The van der Waals surface area contributed by atoms with Crippen molar-refractivity contribution in [2.24, 2.45) is 0 Å². The fourth-order valence-electron chi connectivity index (χ4n) is 1.13. The topological polar surface area (TPSA) is 38.9 Å². The molecule has 0 saturated heterocycles. The minimum absolute atomic E-state index is 0.555. The lowest BCUT2D eigenvalue weighted by Gasteiger charge is -1.96. The molecule has 0 radical (unpaired) electrons. The third-order valence-electron chi connectivity index (χ3n) is 1.69. The molecule has 14 heavy (non-hydrogen) atoms. The number of halogens is 2. The largest absolute Gasteiger partial charge is 0.416 e. The number of hydrogen-bond donors (Lipinski definition) is 0. The van der Waals surface area contributed by atoms with Crippen LogP contribution in [0.5, 0.6) is 0 Å². The van der Waals surface area contributed by atoms with Crippen LogP contribution >= 0.6 is 34.2 Å². The average molecular weight is 321 g/mol. The van der Waals surface area contributed by atoms with Crippen LogP contribution < -0.4 is 0 Å². The summed E-state index contributed by atoms with van der Waals surface area (Å²) >= 11 is 7.83. The average Bonchev–Trinajstić information content (AvgIpc) is 2.51. The Morgan fingerprint density at radius 2 is 2.21 bits per heavy atom. The molecule has 0 N–H and O–H groups in total. The van der Waals surface area contributed by atoms with Gasteiger partial charge in [0.2, 0.25) is 5.89 Å². The molecule has 5 heteroatoms. The van der Waals surface area contributed by atoms with E-state index in [1.54, 1.807) is 0 Å². The van der Waals surface area contributed by atoms with Gasteiger partial charge in [-0.1, -0.05) is 23.7 Å². The van der Waals surface area contributed by atoms with Gasteiger partial charge in [-0.25, -0.2) is 0 Å². The number of hydrogen-bond acceptors (Lipinski definition) is 3. The van der Waals surface area contributed by atoms with E-state index < -0.39 is 0 Å². The summed E-state index contributed by atoms with van der Waals surface area (Å²) < 4.78 is 5.80. The Labute approximate surface area is 99.6 Å². The van der Waals surface area contributed by atoms with Gasteiger partial charge in [-0.15, -0.1) is 10.2 Å². The molecular weight excluding hydrogens is 314 g/mol. The Morgan fingerprint density at radius 1 is 1.36 bits per heavy atom. The predicted octanol–water partition coefficient (Wildman–Crippen LogP) is 2.92. The number of nitrogens with zero attached hydrogens (tertiary/aromatic N) is 2. The zero-order chi connectivity index (χ0) is 9.97. The molecule has 72 valence electrons. The Hall–Kier alpha value is -0.620. The zero-order valence-corrected chi connectivity index (χ0v) is 9.99. The maximum absolute atomic E-state index is 5.85. The normalized spacial score (nSPS) is 10.4. The second-order valence-electron chi connectivity index (χ2n) is 2.76. The van der Waals surface area contributed by atoms with Crippen molar-refractivity contribution in [2.45, 2.75) is 6.42 Å². The molecule has 0 unspecified atom stereocenters. The summed E-state index contributed by atoms with van der Waals surface area (Å²) in [5.74, 6) is 0.608. The summed E-state index contributed by atoms with van der Waals surface area (Å²) in [6.45, 7) is 0. The van der Waals surface area contributed by atoms with Crippen molar-refractivity contribution in [1.29, 1.82) is 0 Å². The SMILES string of the molecule is Clc1cccc(Cc2nnc(I)o2)c1. The van der Waals surface area contributed by atoms with E-state index in [-0.39, 0.29) is 0 Å². The number of benzene rings is 1. The summed E-state index contributed by atoms with van der Waals surface area (Å²) in [6, 6.07) is 7.60. The van der Waals surface area contributed by atoms with Gasteiger partial charge in [0.05, 0.1) is 6.42 Å². The highest BCUT2D eigenvalue weighted by Crippen LogP contribution is 2.14. The van der Waals surface area contributed by atoms with E-state index in [1.807, 2.05) is 46.9 Å². The molecule has 3 nitrogen and oxygen atoms in total. The van der Waals surface area contributed by atoms with Gasteiger partial charge in [0.1, 0.15) is 0 Å². The zero-order valence-electron chi connectivity index (χ0n) is 7.08. The minimum Gasteiger partial charge on any atom is -0.416 e. The van der Waals surface area contributed by atoms with Crippen molar-refractivity contribution in [3.63, 3.8) is 0 Å². The molecule has 0 aliphatic carbocycles. The molecule has 0 aliphatic heterocycles. The van der Waals surface area contributed by atoms with Gasteiger partial charge in [-0.3, -0.25) is 0 Å². The van der Waals surface area contributed by atoms with Crippen LogP contribution in [0.1, 0.15) is 11.5 Å². The molecule has 0 aliphatic rings. The molecule has 0 saturated carbocycles. The second kappa shape index (κ2) is 4.27. The van der Waals surface area contributed by atoms with Gasteiger partial charge < -0.3 is 4.42 Å². The van der Waals surface area contributed by atoms with Crippen LogP contribution in [-0.4, -0.2) is 10.2 Å². The van der Waals surface area contributed by atoms with Gasteiger partial charge in [-0.05, 0) is 17.7 Å². The first-order valence-corrected chi connectivity index (χ1v) is 5.42. The summed E-state index contributed by atoms with van der Waals surface area (Å²) in [5, 5.41) is 8.36. The third kappa shape index (κ3) is 2.45. The molecule has 2 aromatic rings. The van der Waals surface area contributed by atoms with Crippen molar-refractivity contribution >= 4 is 34.2 Å². The Balaban J connectivity index is 2.18. The van der Waals surface area contributed by atoms with Crippen molar-refractivity contribution < 1.29 is 4.42 Å². The van der Waals surface area contributed by atoms with Gasteiger partial charge in [0, 0.05) is 27.6 Å². The van der Waals surface area contributed by atoms with E-state index in [2.05, 4.69) is 10.2 Å². The van der Waals surface area contributed by atoms with Crippen LogP contribution in [0.25, 0.3) is 0 Å². The van der Waals surface area contributed by atoms with E-state index in [9.17, 15) is 0 Å². The summed E-state index contributed by atoms with van der Waals surface area (Å²) in [4.78, 5) is 0. The van der Waals surface area contributed by atoms with E-state index in [0.29, 0.717) is 16.2 Å². The smallest absolute Gasteiger partial charge is 0.278 e. The predicted molar refractivity (Wildman–Crippen MR) is 61.3 cm³/mol. The van der Waals surface area contributed by atoms with Crippen LogP contribution in [0.4, 0.5) is 0 Å². The Morgan fingerprint density at radius 3 is 2.86 bits per heavy atom. The van der Waals surface area contributed by atoms with E-state index in [1.165, 1.54) is 0 Å². The first-order chi connectivity index (χ1) is 6.74. The minimum atomic E-state index is 0.555. The van der Waals surface area contributed by atoms with Crippen molar-refractivity contribution in [2.75, 3.05) is 0 Å². The molecule has 1 heterocycles. The lowest BCUT2D eigenvalue weighted by Crippen LogP contribution is -1.87. The first-order valence-electron chi connectivity index (χ1n) is 3.96. The van der Waals surface area contributed by atoms with Crippen LogP contribution in [0.3, 0.4) is 0 Å². The maximum atomic E-state index is 5.85. The summed E-state index contributed by atoms with van der Waals surface area (Å²) in [5.41, 5.74) is 1.07. The maximum Gasteiger partial charge on any atom is 0.278 e. The van der Waals surface area contributed by atoms with Crippen molar-refractivity contribution in [3.05, 3.63) is 44.6 Å². The monoisotopic (exact) mass is 320 g/mol. The fraction of sp³-hybridized carbons (Fsp3) is 0.111. The van der Waals surface area contributed by atoms with Crippen molar-refractivity contribution in [1.82, 2.24) is 10.2 Å². The molecule has 0 fully saturated rings. The highest BCUT2D eigenvalue weighted by Gasteiger charge is 2.04. The van der Waals surface area contributed by atoms with Gasteiger partial charge in [-0.2, -0.15) is 0 Å². The third-order valence-corrected chi connectivity index (χ3v) is 2.36. The Kier molecular flexibility index (Phi) is 3.02. The van der Waals surface area contributed by atoms with Gasteiger partial charge >= 0.3 is 0 Å². The number of aromatic nitrogens is 2. The van der Waals surface area contributed by atoms with Crippen molar-refractivity contribution in [3.8, 4) is 0 Å². The van der Waals surface area contributed by atoms with Gasteiger partial charge in [0.25, 0.3) is 3.90 Å². The highest BCUT2D eigenvalue weighted by molar-refractivity contribution is 14.1. The highest BCUT2D eigenvalue weighted by atomic mass is 127. The Bertz CT molecular complexity index is 444. The quantitative estimate of drug-likeness (QED) is 0.799. The van der Waals surface area contributed by atoms with E-state index in [4.69, 9.17) is 16.0 Å². The molecule has 0 amide bonds. The lowest BCUT2D eigenvalue weighted by molar-refractivity contribution is 0.479.